The molecule has 2 atom stereocenters. The second kappa shape index (κ2) is 6.38. The van der Waals surface area contributed by atoms with Crippen LogP contribution in [-0.4, -0.2) is 44.3 Å². The molecule has 0 aromatic carbocycles. The van der Waals surface area contributed by atoms with Gasteiger partial charge in [0.25, 0.3) is 0 Å². The number of rotatable bonds is 6. The van der Waals surface area contributed by atoms with Crippen molar-refractivity contribution in [1.82, 2.24) is 14.8 Å². The largest absolute Gasteiger partial charge is 0.481 e. The molecule has 0 amide bonds. The van der Waals surface area contributed by atoms with Crippen molar-refractivity contribution in [2.75, 3.05) is 12.4 Å². The molecule has 0 radical (unpaired) electrons. The number of ether oxygens (including phenoxy) is 1. The van der Waals surface area contributed by atoms with E-state index in [1.165, 1.54) is 11.8 Å². The van der Waals surface area contributed by atoms with Crippen molar-refractivity contribution in [2.45, 2.75) is 44.5 Å². The van der Waals surface area contributed by atoms with Gasteiger partial charge in [-0.3, -0.25) is 4.79 Å². The Morgan fingerprint density at radius 2 is 2.37 bits per heavy atom. The first-order valence-electron chi connectivity index (χ1n) is 6.50. The van der Waals surface area contributed by atoms with Crippen LogP contribution in [0, 0.1) is 5.92 Å². The number of aryl methyl sites for hydroxylation is 1. The molecule has 1 fully saturated rings. The van der Waals surface area contributed by atoms with Gasteiger partial charge in [0.2, 0.25) is 0 Å². The molecule has 0 spiro atoms. The minimum absolute atomic E-state index is 0.0125. The summed E-state index contributed by atoms with van der Waals surface area (Å²) in [5, 5.41) is 17.7. The van der Waals surface area contributed by atoms with Gasteiger partial charge in [-0.25, -0.2) is 0 Å². The van der Waals surface area contributed by atoms with Crippen LogP contribution < -0.4 is 0 Å². The number of carboxylic acids is 1. The number of carbonyl (C=O) groups is 1. The van der Waals surface area contributed by atoms with E-state index in [1.807, 2.05) is 11.5 Å². The normalized spacial score (nSPS) is 22.8. The highest BCUT2D eigenvalue weighted by Gasteiger charge is 2.26. The summed E-state index contributed by atoms with van der Waals surface area (Å²) < 4.78 is 7.62. The third-order valence-electron chi connectivity index (χ3n) is 3.38. The lowest BCUT2D eigenvalue weighted by molar-refractivity contribution is -0.133. The first-order chi connectivity index (χ1) is 9.11. The van der Waals surface area contributed by atoms with Gasteiger partial charge in [-0.2, -0.15) is 0 Å². The van der Waals surface area contributed by atoms with Gasteiger partial charge in [-0.15, -0.1) is 10.2 Å². The van der Waals surface area contributed by atoms with E-state index in [2.05, 4.69) is 17.1 Å². The van der Waals surface area contributed by atoms with Crippen molar-refractivity contribution in [1.29, 1.82) is 0 Å². The average Bonchev–Trinajstić information content (AvgIpc) is 2.95. The Morgan fingerprint density at radius 1 is 1.58 bits per heavy atom. The number of hydrogen-bond donors (Lipinski definition) is 1. The van der Waals surface area contributed by atoms with Gasteiger partial charge in [0.05, 0.1) is 11.9 Å². The van der Waals surface area contributed by atoms with Crippen molar-refractivity contribution in [3.05, 3.63) is 5.82 Å². The fraction of sp³-hybridized carbons (Fsp3) is 0.750. The van der Waals surface area contributed by atoms with Crippen LogP contribution >= 0.6 is 11.8 Å². The number of aliphatic carboxylic acids is 1. The van der Waals surface area contributed by atoms with Crippen LogP contribution in [-0.2, 0) is 22.5 Å². The Hall–Kier alpha value is -1.08. The molecule has 1 N–H and O–H groups in total. The topological polar surface area (TPSA) is 77.2 Å². The molecule has 2 unspecified atom stereocenters. The molecule has 0 saturated carbocycles. The monoisotopic (exact) mass is 285 g/mol. The lowest BCUT2D eigenvalue weighted by Gasteiger charge is -2.17. The van der Waals surface area contributed by atoms with Crippen molar-refractivity contribution >= 4 is 17.7 Å². The van der Waals surface area contributed by atoms with Crippen molar-refractivity contribution in [3.63, 3.8) is 0 Å². The van der Waals surface area contributed by atoms with Gasteiger partial charge in [0.1, 0.15) is 5.82 Å². The predicted molar refractivity (Wildman–Crippen MR) is 71.3 cm³/mol. The predicted octanol–water partition coefficient (Wildman–Crippen LogP) is 1.44. The third kappa shape index (κ3) is 3.48. The lowest BCUT2D eigenvalue weighted by Crippen LogP contribution is -2.20. The highest BCUT2D eigenvalue weighted by Crippen LogP contribution is 2.25. The van der Waals surface area contributed by atoms with Crippen LogP contribution in [0.15, 0.2) is 5.16 Å². The summed E-state index contributed by atoms with van der Waals surface area (Å²) in [4.78, 5) is 10.7. The summed E-state index contributed by atoms with van der Waals surface area (Å²) in [6, 6.07) is 0. The zero-order chi connectivity index (χ0) is 13.8. The molecule has 7 heteroatoms. The Kier molecular flexibility index (Phi) is 4.81. The average molecular weight is 285 g/mol. The van der Waals surface area contributed by atoms with E-state index >= 15 is 0 Å². The summed E-state index contributed by atoms with van der Waals surface area (Å²) >= 11 is 1.22. The van der Waals surface area contributed by atoms with Gasteiger partial charge in [-0.1, -0.05) is 18.7 Å². The zero-order valence-corrected chi connectivity index (χ0v) is 12.0. The summed E-state index contributed by atoms with van der Waals surface area (Å²) in [6.07, 6.45) is 2.07. The van der Waals surface area contributed by atoms with Gasteiger partial charge >= 0.3 is 5.97 Å². The SMILES string of the molecule is CCc1nnc(SCC(=O)O)n1CC1CCOC1C. The van der Waals surface area contributed by atoms with Gasteiger partial charge in [-0.05, 0) is 13.3 Å². The van der Waals surface area contributed by atoms with E-state index < -0.39 is 5.97 Å². The minimum atomic E-state index is -0.838. The molecule has 2 heterocycles. The number of thioether (sulfide) groups is 1. The molecule has 2 rings (SSSR count). The van der Waals surface area contributed by atoms with E-state index in [-0.39, 0.29) is 11.9 Å². The number of aromatic nitrogens is 3. The summed E-state index contributed by atoms with van der Waals surface area (Å²) in [5.41, 5.74) is 0. The Morgan fingerprint density at radius 3 is 2.95 bits per heavy atom. The smallest absolute Gasteiger partial charge is 0.313 e. The molecular formula is C12H19N3O3S. The first-order valence-corrected chi connectivity index (χ1v) is 7.48. The van der Waals surface area contributed by atoms with Gasteiger partial charge < -0.3 is 14.4 Å². The van der Waals surface area contributed by atoms with Crippen molar-refractivity contribution in [3.8, 4) is 0 Å². The molecule has 1 aliphatic rings. The van der Waals surface area contributed by atoms with Crippen LogP contribution in [0.25, 0.3) is 0 Å². The number of hydrogen-bond acceptors (Lipinski definition) is 5. The second-order valence-electron chi connectivity index (χ2n) is 4.67. The van der Waals surface area contributed by atoms with Crippen molar-refractivity contribution < 1.29 is 14.6 Å². The Balaban J connectivity index is 2.11. The van der Waals surface area contributed by atoms with Crippen LogP contribution in [0.1, 0.15) is 26.1 Å². The highest BCUT2D eigenvalue weighted by atomic mass is 32.2. The maximum atomic E-state index is 10.7. The summed E-state index contributed by atoms with van der Waals surface area (Å²) in [6.45, 7) is 5.71. The number of carboxylic acid groups (broad SMARTS) is 1. The van der Waals surface area contributed by atoms with Crippen molar-refractivity contribution in [2.24, 2.45) is 5.92 Å². The minimum Gasteiger partial charge on any atom is -0.481 e. The fourth-order valence-corrected chi connectivity index (χ4v) is 2.93. The second-order valence-corrected chi connectivity index (χ2v) is 5.61. The van der Waals surface area contributed by atoms with E-state index in [4.69, 9.17) is 9.84 Å². The van der Waals surface area contributed by atoms with Crippen LogP contribution in [0.5, 0.6) is 0 Å². The zero-order valence-electron chi connectivity index (χ0n) is 11.2. The van der Waals surface area contributed by atoms with E-state index in [1.54, 1.807) is 0 Å². The van der Waals surface area contributed by atoms with Crippen LogP contribution in [0.2, 0.25) is 0 Å². The summed E-state index contributed by atoms with van der Waals surface area (Å²) in [5.74, 6) is 0.533. The standard InChI is InChI=1S/C12H19N3O3S/c1-3-10-13-14-12(19-7-11(16)17)15(10)6-9-4-5-18-8(9)2/h8-9H,3-7H2,1-2H3,(H,16,17). The Labute approximate surface area is 116 Å². The molecule has 6 nitrogen and oxygen atoms in total. The molecular weight excluding hydrogens is 266 g/mol. The first kappa shape index (κ1) is 14.3. The quantitative estimate of drug-likeness (QED) is 0.797. The molecule has 1 aromatic rings. The van der Waals surface area contributed by atoms with E-state index in [0.29, 0.717) is 11.1 Å². The molecule has 19 heavy (non-hydrogen) atoms. The molecule has 1 saturated heterocycles. The lowest BCUT2D eigenvalue weighted by atomic mass is 10.0. The van der Waals surface area contributed by atoms with Crippen LogP contribution in [0.4, 0.5) is 0 Å². The summed E-state index contributed by atoms with van der Waals surface area (Å²) in [7, 11) is 0. The molecule has 106 valence electrons. The van der Waals surface area contributed by atoms with Crippen LogP contribution in [0.3, 0.4) is 0 Å². The maximum Gasteiger partial charge on any atom is 0.313 e. The molecule has 0 aliphatic carbocycles. The van der Waals surface area contributed by atoms with E-state index in [9.17, 15) is 4.79 Å². The molecule has 1 aromatic heterocycles. The fourth-order valence-electron chi connectivity index (χ4n) is 2.25. The maximum absolute atomic E-state index is 10.7. The molecule has 0 bridgehead atoms. The van der Waals surface area contributed by atoms with Gasteiger partial charge in [0.15, 0.2) is 5.16 Å². The number of nitrogens with zero attached hydrogens (tertiary/aromatic N) is 3. The Bertz CT molecular complexity index is 449. The van der Waals surface area contributed by atoms with Gasteiger partial charge in [0, 0.05) is 25.5 Å². The van der Waals surface area contributed by atoms with E-state index in [0.717, 1.165) is 31.8 Å². The highest BCUT2D eigenvalue weighted by molar-refractivity contribution is 7.99. The molecule has 1 aliphatic heterocycles. The third-order valence-corrected chi connectivity index (χ3v) is 4.34.